The van der Waals surface area contributed by atoms with Crippen LogP contribution in [0.3, 0.4) is 0 Å². The van der Waals surface area contributed by atoms with E-state index in [1.165, 1.54) is 14.2 Å². The van der Waals surface area contributed by atoms with E-state index in [1.54, 1.807) is 40.5 Å². The second-order valence-corrected chi connectivity index (χ2v) is 11.4. The van der Waals surface area contributed by atoms with Gasteiger partial charge in [0.1, 0.15) is 5.82 Å². The molecule has 1 spiro atoms. The summed E-state index contributed by atoms with van der Waals surface area (Å²) in [5.41, 5.74) is 1.73. The number of aromatic nitrogens is 2. The number of thioether (sulfide) groups is 1. The minimum Gasteiger partial charge on any atom is -0.493 e. The van der Waals surface area contributed by atoms with Crippen LogP contribution in [0.1, 0.15) is 12.8 Å². The Morgan fingerprint density at radius 3 is 2.42 bits per heavy atom. The zero-order valence-corrected chi connectivity index (χ0v) is 20.2. The summed E-state index contributed by atoms with van der Waals surface area (Å²) < 4.78 is 39.6. The molecule has 0 atom stereocenters. The number of fused-ring (bicyclic) bond motifs is 1. The molecule has 1 aromatic heterocycles. The molecule has 0 N–H and O–H groups in total. The van der Waals surface area contributed by atoms with Crippen LogP contribution in [0.2, 0.25) is 0 Å². The van der Waals surface area contributed by atoms with E-state index in [0.717, 1.165) is 48.5 Å². The van der Waals surface area contributed by atoms with Crippen molar-refractivity contribution in [1.29, 1.82) is 0 Å². The number of nitrogens with zero attached hydrogens (tertiary/aromatic N) is 4. The van der Waals surface area contributed by atoms with Crippen LogP contribution >= 0.6 is 11.8 Å². The summed E-state index contributed by atoms with van der Waals surface area (Å²) in [5, 5.41) is 0. The first kappa shape index (κ1) is 22.2. The highest BCUT2D eigenvalue weighted by Gasteiger charge is 2.50. The number of rotatable bonds is 5. The highest BCUT2D eigenvalue weighted by molar-refractivity contribution is 8.02. The van der Waals surface area contributed by atoms with Crippen LogP contribution in [0.15, 0.2) is 53.6 Å². The van der Waals surface area contributed by atoms with Gasteiger partial charge in [0.2, 0.25) is 10.0 Å². The third kappa shape index (κ3) is 3.89. The summed E-state index contributed by atoms with van der Waals surface area (Å²) in [5.74, 6) is 2.53. The van der Waals surface area contributed by atoms with Crippen molar-refractivity contribution >= 4 is 38.6 Å². The van der Waals surface area contributed by atoms with E-state index in [9.17, 15) is 8.42 Å². The Morgan fingerprint density at radius 2 is 1.70 bits per heavy atom. The molecule has 3 heterocycles. The first-order valence-corrected chi connectivity index (χ1v) is 13.2. The maximum Gasteiger partial charge on any atom is 0.244 e. The molecule has 174 valence electrons. The number of anilines is 1. The lowest BCUT2D eigenvalue weighted by Crippen LogP contribution is -2.52. The summed E-state index contributed by atoms with van der Waals surface area (Å²) in [6, 6.07) is 12.6. The van der Waals surface area contributed by atoms with Crippen molar-refractivity contribution in [1.82, 2.24) is 14.3 Å². The molecule has 2 aliphatic heterocycles. The topological polar surface area (TPSA) is 84.9 Å². The van der Waals surface area contributed by atoms with Gasteiger partial charge in [-0.05, 0) is 37.1 Å². The number of hydrogen-bond donors (Lipinski definition) is 0. The molecule has 2 saturated heterocycles. The first-order valence-electron chi connectivity index (χ1n) is 10.8. The Kier molecular flexibility index (Phi) is 5.84. The summed E-state index contributed by atoms with van der Waals surface area (Å²) in [6.07, 6.45) is 3.25. The molecule has 0 amide bonds. The van der Waals surface area contributed by atoms with Crippen LogP contribution in [0, 0.1) is 0 Å². The molecule has 0 radical (unpaired) electrons. The molecule has 8 nitrogen and oxygen atoms in total. The molecule has 33 heavy (non-hydrogen) atoms. The number of sulfonamides is 1. The third-order valence-electron chi connectivity index (χ3n) is 6.37. The first-order chi connectivity index (χ1) is 16.0. The molecule has 2 aromatic carbocycles. The van der Waals surface area contributed by atoms with Gasteiger partial charge in [0.25, 0.3) is 0 Å². The van der Waals surface area contributed by atoms with Gasteiger partial charge in [-0.1, -0.05) is 12.1 Å². The van der Waals surface area contributed by atoms with Gasteiger partial charge in [0.05, 0.1) is 41.2 Å². The second-order valence-electron chi connectivity index (χ2n) is 8.09. The lowest BCUT2D eigenvalue weighted by atomic mass is 10.0. The Bertz CT molecular complexity index is 1280. The predicted octanol–water partition coefficient (Wildman–Crippen LogP) is 3.38. The number of methoxy groups -OCH3 is 2. The molecular weight excluding hydrogens is 460 g/mol. The van der Waals surface area contributed by atoms with Gasteiger partial charge in [0, 0.05) is 31.5 Å². The van der Waals surface area contributed by atoms with Crippen LogP contribution in [-0.4, -0.2) is 67.2 Å². The Balaban J connectivity index is 1.38. The molecule has 5 rings (SSSR count). The fraction of sp³-hybridized carbons (Fsp3) is 0.391. The maximum atomic E-state index is 13.7. The highest BCUT2D eigenvalue weighted by atomic mass is 32.2. The SMILES string of the molecule is COc1ccc(S(=O)(=O)N2CCSC23CCN(c2cnc4ccccc4n2)CC3)cc1OC. The van der Waals surface area contributed by atoms with Crippen molar-refractivity contribution in [2.24, 2.45) is 0 Å². The number of benzene rings is 2. The normalized spacial score (nSPS) is 18.7. The molecular formula is C23H26N4O4S2. The van der Waals surface area contributed by atoms with Crippen LogP contribution in [0.25, 0.3) is 11.0 Å². The van der Waals surface area contributed by atoms with Crippen molar-refractivity contribution in [2.75, 3.05) is 44.5 Å². The summed E-state index contributed by atoms with van der Waals surface area (Å²) in [7, 11) is -0.644. The van der Waals surface area contributed by atoms with Gasteiger partial charge in [-0.25, -0.2) is 13.4 Å². The molecule has 0 unspecified atom stereocenters. The largest absolute Gasteiger partial charge is 0.493 e. The van der Waals surface area contributed by atoms with Crippen molar-refractivity contribution in [3.05, 3.63) is 48.7 Å². The molecule has 0 bridgehead atoms. The van der Waals surface area contributed by atoms with Crippen LogP contribution in [0.4, 0.5) is 5.82 Å². The van der Waals surface area contributed by atoms with Gasteiger partial charge in [-0.2, -0.15) is 4.31 Å². The smallest absolute Gasteiger partial charge is 0.244 e. The van der Waals surface area contributed by atoms with Gasteiger partial charge in [-0.3, -0.25) is 4.98 Å². The standard InChI is InChI=1S/C23H26N4O4S2/c1-30-20-8-7-17(15-21(20)31-2)33(28,29)27-13-14-32-23(27)9-11-26(12-10-23)22-16-24-18-5-3-4-6-19(18)25-22/h3-8,15-16H,9-14H2,1-2H3. The average Bonchev–Trinajstić information content (AvgIpc) is 3.27. The molecule has 3 aromatic rings. The van der Waals surface area contributed by atoms with Crippen molar-refractivity contribution in [3.63, 3.8) is 0 Å². The summed E-state index contributed by atoms with van der Waals surface area (Å²) in [4.78, 5) is 11.3. The molecule has 0 saturated carbocycles. The van der Waals surface area contributed by atoms with E-state index >= 15 is 0 Å². The van der Waals surface area contributed by atoms with Crippen molar-refractivity contribution in [3.8, 4) is 11.5 Å². The Hall–Kier alpha value is -2.56. The van der Waals surface area contributed by atoms with Crippen molar-refractivity contribution in [2.45, 2.75) is 22.6 Å². The zero-order valence-electron chi connectivity index (χ0n) is 18.6. The lowest BCUT2D eigenvalue weighted by molar-refractivity contribution is 0.266. The zero-order chi connectivity index (χ0) is 23.1. The van der Waals surface area contributed by atoms with Gasteiger partial charge < -0.3 is 14.4 Å². The molecule has 2 fully saturated rings. The van der Waals surface area contributed by atoms with E-state index in [0.29, 0.717) is 18.0 Å². The van der Waals surface area contributed by atoms with Crippen LogP contribution in [-0.2, 0) is 10.0 Å². The monoisotopic (exact) mass is 486 g/mol. The maximum absolute atomic E-state index is 13.7. The average molecular weight is 487 g/mol. The number of piperidine rings is 1. The van der Waals surface area contributed by atoms with Crippen LogP contribution < -0.4 is 14.4 Å². The predicted molar refractivity (Wildman–Crippen MR) is 130 cm³/mol. The fourth-order valence-corrected chi connectivity index (χ4v) is 8.25. The van der Waals surface area contributed by atoms with Gasteiger partial charge in [-0.15, -0.1) is 11.8 Å². The van der Waals surface area contributed by atoms with E-state index in [4.69, 9.17) is 14.5 Å². The minimum absolute atomic E-state index is 0.227. The Labute approximate surface area is 198 Å². The van der Waals surface area contributed by atoms with E-state index in [1.807, 2.05) is 24.3 Å². The summed E-state index contributed by atoms with van der Waals surface area (Å²) in [6.45, 7) is 1.94. The van der Waals surface area contributed by atoms with Gasteiger partial charge in [0.15, 0.2) is 11.5 Å². The number of hydrogen-bond acceptors (Lipinski definition) is 8. The minimum atomic E-state index is -3.68. The van der Waals surface area contributed by atoms with E-state index in [2.05, 4.69) is 9.88 Å². The molecule has 10 heteroatoms. The number of para-hydroxylation sites is 2. The highest BCUT2D eigenvalue weighted by Crippen LogP contribution is 2.47. The lowest BCUT2D eigenvalue weighted by Gasteiger charge is -2.43. The van der Waals surface area contributed by atoms with E-state index < -0.39 is 14.9 Å². The third-order valence-corrected chi connectivity index (χ3v) is 10.00. The second kappa shape index (κ2) is 8.66. The van der Waals surface area contributed by atoms with E-state index in [-0.39, 0.29) is 4.90 Å². The quantitative estimate of drug-likeness (QED) is 0.543. The number of ether oxygens (including phenoxy) is 2. The molecule has 0 aliphatic carbocycles. The fourth-order valence-electron chi connectivity index (χ4n) is 4.62. The molecule has 2 aliphatic rings. The summed E-state index contributed by atoms with van der Waals surface area (Å²) >= 11 is 1.74. The van der Waals surface area contributed by atoms with Crippen LogP contribution in [0.5, 0.6) is 11.5 Å². The van der Waals surface area contributed by atoms with Crippen molar-refractivity contribution < 1.29 is 17.9 Å². The van der Waals surface area contributed by atoms with Gasteiger partial charge >= 0.3 is 0 Å². The Morgan fingerprint density at radius 1 is 0.970 bits per heavy atom.